The Morgan fingerprint density at radius 1 is 1.23 bits per heavy atom. The molecule has 0 atom stereocenters. The number of likely N-dealkylation sites (N-methyl/N-ethyl adjacent to an activating group) is 1. The van der Waals surface area contributed by atoms with E-state index in [2.05, 4.69) is 0 Å². The van der Waals surface area contributed by atoms with Crippen molar-refractivity contribution in [2.24, 2.45) is 0 Å². The van der Waals surface area contributed by atoms with Gasteiger partial charge >= 0.3 is 5.76 Å². The number of hydrogen-bond donors (Lipinski definition) is 0. The molecule has 1 aromatic carbocycles. The molecule has 0 unspecified atom stereocenters. The standard InChI is InChI=1S/C17H20F2N2O4S/c1-17(2)14(21-7-6-20(3)10-15(21)22)9-11-8-12(4-5-13(11)25-17)26(23,24)16(18)19/h4-5,8-9,16H,6-7,10H2,1-3H3. The van der Waals surface area contributed by atoms with Crippen LogP contribution in [0.2, 0.25) is 0 Å². The fourth-order valence-electron chi connectivity index (χ4n) is 3.11. The first kappa shape index (κ1) is 18.8. The van der Waals surface area contributed by atoms with Gasteiger partial charge in [0.25, 0.3) is 0 Å². The van der Waals surface area contributed by atoms with E-state index in [1.807, 2.05) is 11.9 Å². The van der Waals surface area contributed by atoms with Gasteiger partial charge in [-0.1, -0.05) is 0 Å². The Morgan fingerprint density at radius 2 is 1.92 bits per heavy atom. The average molecular weight is 386 g/mol. The maximum Gasteiger partial charge on any atom is 0.341 e. The maximum atomic E-state index is 12.8. The first-order valence-electron chi connectivity index (χ1n) is 8.08. The van der Waals surface area contributed by atoms with E-state index in [9.17, 15) is 22.0 Å². The van der Waals surface area contributed by atoms with E-state index in [1.54, 1.807) is 24.8 Å². The van der Waals surface area contributed by atoms with E-state index >= 15 is 0 Å². The molecule has 1 fully saturated rings. The van der Waals surface area contributed by atoms with E-state index < -0.39 is 26.1 Å². The number of carbonyl (C=O) groups is 1. The Morgan fingerprint density at radius 3 is 2.54 bits per heavy atom. The highest BCUT2D eigenvalue weighted by Crippen LogP contribution is 2.39. The van der Waals surface area contributed by atoms with Crippen molar-refractivity contribution in [2.75, 3.05) is 26.7 Å². The van der Waals surface area contributed by atoms with Gasteiger partial charge in [-0.25, -0.2) is 8.42 Å². The van der Waals surface area contributed by atoms with E-state index in [-0.39, 0.29) is 12.5 Å². The maximum absolute atomic E-state index is 12.8. The first-order chi connectivity index (χ1) is 12.0. The van der Waals surface area contributed by atoms with Crippen LogP contribution in [0.3, 0.4) is 0 Å². The van der Waals surface area contributed by atoms with Crippen LogP contribution in [0, 0.1) is 0 Å². The molecule has 0 radical (unpaired) electrons. The zero-order valence-electron chi connectivity index (χ0n) is 14.7. The smallest absolute Gasteiger partial charge is 0.341 e. The molecule has 0 bridgehead atoms. The van der Waals surface area contributed by atoms with Gasteiger partial charge in [0.1, 0.15) is 11.4 Å². The van der Waals surface area contributed by atoms with Crippen molar-refractivity contribution in [3.8, 4) is 5.75 Å². The third kappa shape index (κ3) is 3.21. The summed E-state index contributed by atoms with van der Waals surface area (Å²) < 4.78 is 55.0. The highest BCUT2D eigenvalue weighted by Gasteiger charge is 2.38. The van der Waals surface area contributed by atoms with Crippen LogP contribution in [0.25, 0.3) is 6.08 Å². The summed E-state index contributed by atoms with van der Waals surface area (Å²) in [5.41, 5.74) is 0.115. The molecule has 26 heavy (non-hydrogen) atoms. The Hall–Kier alpha value is -2.00. The molecule has 0 aromatic heterocycles. The molecular weight excluding hydrogens is 366 g/mol. The lowest BCUT2D eigenvalue weighted by molar-refractivity contribution is -0.134. The van der Waals surface area contributed by atoms with Crippen molar-refractivity contribution >= 4 is 21.8 Å². The van der Waals surface area contributed by atoms with E-state index in [1.165, 1.54) is 6.07 Å². The summed E-state index contributed by atoms with van der Waals surface area (Å²) in [7, 11) is -2.85. The Bertz CT molecular complexity index is 881. The summed E-state index contributed by atoms with van der Waals surface area (Å²) in [6.07, 6.45) is 1.65. The zero-order valence-corrected chi connectivity index (χ0v) is 15.5. The lowest BCUT2D eigenvalue weighted by Crippen LogP contribution is -2.53. The topological polar surface area (TPSA) is 66.9 Å². The molecule has 1 amide bonds. The number of ether oxygens (including phenoxy) is 1. The normalized spacial score (nSPS) is 20.6. The van der Waals surface area contributed by atoms with E-state index in [0.29, 0.717) is 30.1 Å². The van der Waals surface area contributed by atoms with Gasteiger partial charge in [0.2, 0.25) is 15.7 Å². The molecule has 9 heteroatoms. The number of fused-ring (bicyclic) bond motifs is 1. The number of carbonyl (C=O) groups excluding carboxylic acids is 1. The van der Waals surface area contributed by atoms with Crippen LogP contribution in [-0.2, 0) is 14.6 Å². The van der Waals surface area contributed by atoms with Crippen molar-refractivity contribution in [3.63, 3.8) is 0 Å². The summed E-state index contributed by atoms with van der Waals surface area (Å²) >= 11 is 0. The van der Waals surface area contributed by atoms with E-state index in [4.69, 9.17) is 4.74 Å². The van der Waals surface area contributed by atoms with Crippen LogP contribution >= 0.6 is 0 Å². The number of hydrogen-bond acceptors (Lipinski definition) is 5. The second kappa shape index (κ2) is 6.31. The monoisotopic (exact) mass is 386 g/mol. The van der Waals surface area contributed by atoms with Crippen molar-refractivity contribution in [2.45, 2.75) is 30.1 Å². The molecule has 1 saturated heterocycles. The number of sulfone groups is 1. The van der Waals surface area contributed by atoms with Crippen molar-refractivity contribution in [1.82, 2.24) is 9.80 Å². The fraction of sp³-hybridized carbons (Fsp3) is 0.471. The lowest BCUT2D eigenvalue weighted by atomic mass is 9.96. The van der Waals surface area contributed by atoms with Gasteiger partial charge in [-0.2, -0.15) is 8.78 Å². The molecule has 0 aliphatic carbocycles. The summed E-state index contributed by atoms with van der Waals surface area (Å²) in [4.78, 5) is 15.4. The van der Waals surface area contributed by atoms with Gasteiger partial charge < -0.3 is 9.64 Å². The van der Waals surface area contributed by atoms with Crippen molar-refractivity contribution < 1.29 is 26.7 Å². The number of rotatable bonds is 3. The first-order valence-corrected chi connectivity index (χ1v) is 9.63. The van der Waals surface area contributed by atoms with Gasteiger partial charge in [0.05, 0.1) is 17.1 Å². The summed E-state index contributed by atoms with van der Waals surface area (Å²) in [6.45, 7) is 5.03. The predicted molar refractivity (Wildman–Crippen MR) is 91.5 cm³/mol. The van der Waals surface area contributed by atoms with Gasteiger partial charge in [0, 0.05) is 18.7 Å². The van der Waals surface area contributed by atoms with Gasteiger partial charge in [-0.15, -0.1) is 0 Å². The molecular formula is C17H20F2N2O4S. The van der Waals surface area contributed by atoms with Crippen LogP contribution in [-0.4, -0.2) is 62.2 Å². The van der Waals surface area contributed by atoms with Crippen LogP contribution in [0.5, 0.6) is 5.75 Å². The molecule has 3 rings (SSSR count). The molecule has 2 aliphatic rings. The molecule has 2 heterocycles. The minimum absolute atomic E-state index is 0.0959. The third-order valence-corrected chi connectivity index (χ3v) is 5.90. The summed E-state index contributed by atoms with van der Waals surface area (Å²) in [5.74, 6) is -3.21. The second-order valence-electron chi connectivity index (χ2n) is 6.93. The minimum Gasteiger partial charge on any atom is -0.481 e. The number of benzene rings is 1. The molecule has 1 aromatic rings. The van der Waals surface area contributed by atoms with Crippen LogP contribution in [0.4, 0.5) is 8.78 Å². The molecule has 2 aliphatic heterocycles. The molecule has 6 nitrogen and oxygen atoms in total. The molecule has 0 saturated carbocycles. The van der Waals surface area contributed by atoms with Gasteiger partial charge in [0.15, 0.2) is 0 Å². The van der Waals surface area contributed by atoms with Crippen LogP contribution < -0.4 is 4.74 Å². The SMILES string of the molecule is CN1CCN(C2=Cc3cc(S(=O)(=O)C(F)F)ccc3OC2(C)C)C(=O)C1. The second-order valence-corrected chi connectivity index (χ2v) is 8.85. The Balaban J connectivity index is 2.05. The number of piperazine rings is 1. The predicted octanol–water partition coefficient (Wildman–Crippen LogP) is 1.97. The minimum atomic E-state index is -4.70. The van der Waals surface area contributed by atoms with Gasteiger partial charge in [-0.3, -0.25) is 9.69 Å². The van der Waals surface area contributed by atoms with Crippen molar-refractivity contribution in [1.29, 1.82) is 0 Å². The Kier molecular flexibility index (Phi) is 4.56. The zero-order chi connectivity index (χ0) is 19.3. The van der Waals surface area contributed by atoms with Crippen LogP contribution in [0.1, 0.15) is 19.4 Å². The van der Waals surface area contributed by atoms with Crippen LogP contribution in [0.15, 0.2) is 28.8 Å². The average Bonchev–Trinajstić information content (AvgIpc) is 2.53. The number of alkyl halides is 2. The molecule has 0 spiro atoms. The number of nitrogens with zero attached hydrogens (tertiary/aromatic N) is 2. The number of halogens is 2. The quantitative estimate of drug-likeness (QED) is 0.795. The highest BCUT2D eigenvalue weighted by atomic mass is 32.2. The largest absolute Gasteiger partial charge is 0.481 e. The summed E-state index contributed by atoms with van der Waals surface area (Å²) in [5, 5.41) is 0. The third-order valence-electron chi connectivity index (χ3n) is 4.52. The number of amides is 1. The van der Waals surface area contributed by atoms with Gasteiger partial charge in [-0.05, 0) is 45.2 Å². The summed E-state index contributed by atoms with van der Waals surface area (Å²) in [6, 6.07) is 3.63. The van der Waals surface area contributed by atoms with Crippen molar-refractivity contribution in [3.05, 3.63) is 29.5 Å². The molecule has 142 valence electrons. The highest BCUT2D eigenvalue weighted by molar-refractivity contribution is 7.91. The Labute approximate surface area is 150 Å². The van der Waals surface area contributed by atoms with E-state index in [0.717, 1.165) is 12.1 Å². The fourth-order valence-corrected chi connectivity index (χ4v) is 3.86. The lowest BCUT2D eigenvalue weighted by Gasteiger charge is -2.42. The molecule has 0 N–H and O–H groups in total.